The molecule has 0 aliphatic heterocycles. The summed E-state index contributed by atoms with van der Waals surface area (Å²) in [6.45, 7) is 5.51. The lowest BCUT2D eigenvalue weighted by Crippen LogP contribution is -2.23. The molecule has 0 unspecified atom stereocenters. The Morgan fingerprint density at radius 2 is 2.31 bits per heavy atom. The lowest BCUT2D eigenvalue weighted by Gasteiger charge is -2.05. The van der Waals surface area contributed by atoms with Crippen LogP contribution in [0.4, 0.5) is 5.69 Å². The van der Waals surface area contributed by atoms with Gasteiger partial charge < -0.3 is 5.32 Å². The Bertz CT molecular complexity index is 441. The standard InChI is InChI=1S/C11H12N2O3/c1-3-6-12-11(14)10-5-4-9(13(15)16)7-8(10)2/h3-5,7H,1,6H2,2H3,(H,12,14). The molecule has 0 bridgehead atoms. The lowest BCUT2D eigenvalue weighted by atomic mass is 10.1. The zero-order chi connectivity index (χ0) is 12.1. The summed E-state index contributed by atoms with van der Waals surface area (Å²) >= 11 is 0. The highest BCUT2D eigenvalue weighted by atomic mass is 16.6. The number of benzene rings is 1. The molecule has 0 aromatic heterocycles. The van der Waals surface area contributed by atoms with E-state index < -0.39 is 4.92 Å². The molecule has 5 nitrogen and oxygen atoms in total. The fourth-order valence-electron chi connectivity index (χ4n) is 1.28. The molecule has 0 heterocycles. The summed E-state index contributed by atoms with van der Waals surface area (Å²) in [5.41, 5.74) is 1.00. The Labute approximate surface area is 92.9 Å². The highest BCUT2D eigenvalue weighted by Gasteiger charge is 2.12. The quantitative estimate of drug-likeness (QED) is 0.478. The number of nitrogens with zero attached hydrogens (tertiary/aromatic N) is 1. The Balaban J connectivity index is 2.94. The number of non-ortho nitro benzene ring substituents is 1. The van der Waals surface area contributed by atoms with Crippen LogP contribution in [-0.2, 0) is 0 Å². The minimum atomic E-state index is -0.488. The third-order valence-corrected chi connectivity index (χ3v) is 2.07. The molecule has 0 atom stereocenters. The molecule has 1 aromatic rings. The van der Waals surface area contributed by atoms with Crippen LogP contribution in [0, 0.1) is 17.0 Å². The van der Waals surface area contributed by atoms with E-state index in [0.29, 0.717) is 17.7 Å². The second-order valence-electron chi connectivity index (χ2n) is 3.26. The Morgan fingerprint density at radius 3 is 2.81 bits per heavy atom. The van der Waals surface area contributed by atoms with Gasteiger partial charge in [0.05, 0.1) is 4.92 Å². The van der Waals surface area contributed by atoms with Crippen molar-refractivity contribution in [3.8, 4) is 0 Å². The van der Waals surface area contributed by atoms with E-state index in [1.54, 1.807) is 13.0 Å². The number of amides is 1. The predicted molar refractivity (Wildman–Crippen MR) is 60.4 cm³/mol. The summed E-state index contributed by atoms with van der Waals surface area (Å²) in [5, 5.41) is 13.1. The molecule has 5 heteroatoms. The fourth-order valence-corrected chi connectivity index (χ4v) is 1.28. The molecule has 1 aromatic carbocycles. The molecular formula is C11H12N2O3. The number of carbonyl (C=O) groups excluding carboxylic acids is 1. The zero-order valence-corrected chi connectivity index (χ0v) is 8.90. The minimum Gasteiger partial charge on any atom is -0.349 e. The molecule has 0 radical (unpaired) electrons. The monoisotopic (exact) mass is 220 g/mol. The molecule has 16 heavy (non-hydrogen) atoms. The molecule has 0 saturated heterocycles. The fraction of sp³-hybridized carbons (Fsp3) is 0.182. The second kappa shape index (κ2) is 5.06. The van der Waals surface area contributed by atoms with Crippen molar-refractivity contribution in [3.63, 3.8) is 0 Å². The lowest BCUT2D eigenvalue weighted by molar-refractivity contribution is -0.384. The molecule has 1 amide bonds. The molecule has 84 valence electrons. The smallest absolute Gasteiger partial charge is 0.269 e. The molecule has 0 fully saturated rings. The average molecular weight is 220 g/mol. The van der Waals surface area contributed by atoms with Gasteiger partial charge in [-0.1, -0.05) is 6.08 Å². The van der Waals surface area contributed by atoms with Crippen LogP contribution in [0.15, 0.2) is 30.9 Å². The normalized spacial score (nSPS) is 9.56. The van der Waals surface area contributed by atoms with Crippen molar-refractivity contribution in [2.24, 2.45) is 0 Å². The summed E-state index contributed by atoms with van der Waals surface area (Å²) in [6.07, 6.45) is 1.57. The number of nitrogens with one attached hydrogen (secondary N) is 1. The van der Waals surface area contributed by atoms with Crippen LogP contribution in [0.5, 0.6) is 0 Å². The highest BCUT2D eigenvalue weighted by Crippen LogP contribution is 2.16. The van der Waals surface area contributed by atoms with E-state index >= 15 is 0 Å². The SMILES string of the molecule is C=CCNC(=O)c1ccc([N+](=O)[O-])cc1C. The molecule has 1 N–H and O–H groups in total. The maximum Gasteiger partial charge on any atom is 0.269 e. The number of aryl methyl sites for hydroxylation is 1. The van der Waals surface area contributed by atoms with E-state index in [2.05, 4.69) is 11.9 Å². The molecular weight excluding hydrogens is 208 g/mol. The van der Waals surface area contributed by atoms with E-state index in [1.807, 2.05) is 0 Å². The number of nitro groups is 1. The van der Waals surface area contributed by atoms with E-state index in [-0.39, 0.29) is 11.6 Å². The van der Waals surface area contributed by atoms with Gasteiger partial charge in [-0.25, -0.2) is 0 Å². The topological polar surface area (TPSA) is 72.2 Å². The van der Waals surface area contributed by atoms with E-state index in [0.717, 1.165) is 0 Å². The van der Waals surface area contributed by atoms with Crippen molar-refractivity contribution in [2.45, 2.75) is 6.92 Å². The van der Waals surface area contributed by atoms with Crippen molar-refractivity contribution in [2.75, 3.05) is 6.54 Å². The van der Waals surface area contributed by atoms with Gasteiger partial charge in [0.25, 0.3) is 11.6 Å². The first-order chi connectivity index (χ1) is 7.56. The van der Waals surface area contributed by atoms with Gasteiger partial charge in [-0.2, -0.15) is 0 Å². The van der Waals surface area contributed by atoms with Crippen molar-refractivity contribution in [1.29, 1.82) is 0 Å². The summed E-state index contributed by atoms with van der Waals surface area (Å²) in [7, 11) is 0. The van der Waals surface area contributed by atoms with Gasteiger partial charge in [-0.15, -0.1) is 6.58 Å². The molecule has 0 spiro atoms. The summed E-state index contributed by atoms with van der Waals surface area (Å²) in [6, 6.07) is 4.14. The van der Waals surface area contributed by atoms with Gasteiger partial charge in [0.1, 0.15) is 0 Å². The third kappa shape index (κ3) is 2.66. The Morgan fingerprint density at radius 1 is 1.62 bits per heavy atom. The highest BCUT2D eigenvalue weighted by molar-refractivity contribution is 5.95. The van der Waals surface area contributed by atoms with Crippen molar-refractivity contribution < 1.29 is 9.72 Å². The first kappa shape index (κ1) is 11.9. The molecule has 0 saturated carbocycles. The van der Waals surface area contributed by atoms with Crippen LogP contribution in [0.1, 0.15) is 15.9 Å². The van der Waals surface area contributed by atoms with E-state index in [1.165, 1.54) is 18.2 Å². The minimum absolute atomic E-state index is 0.0160. The summed E-state index contributed by atoms with van der Waals surface area (Å²) in [5.74, 6) is -0.257. The van der Waals surface area contributed by atoms with Gasteiger partial charge in [-0.3, -0.25) is 14.9 Å². The largest absolute Gasteiger partial charge is 0.349 e. The number of carbonyl (C=O) groups is 1. The van der Waals surface area contributed by atoms with Crippen LogP contribution in [0.2, 0.25) is 0 Å². The van der Waals surface area contributed by atoms with Crippen molar-refractivity contribution >= 4 is 11.6 Å². The Hall–Kier alpha value is -2.17. The van der Waals surface area contributed by atoms with Crippen LogP contribution in [0.25, 0.3) is 0 Å². The summed E-state index contributed by atoms with van der Waals surface area (Å²) < 4.78 is 0. The van der Waals surface area contributed by atoms with Crippen LogP contribution in [-0.4, -0.2) is 17.4 Å². The van der Waals surface area contributed by atoms with Gasteiger partial charge in [0.2, 0.25) is 0 Å². The molecule has 0 aliphatic rings. The maximum atomic E-state index is 11.6. The van der Waals surface area contributed by atoms with Gasteiger partial charge >= 0.3 is 0 Å². The average Bonchev–Trinajstić information content (AvgIpc) is 2.25. The second-order valence-corrected chi connectivity index (χ2v) is 3.26. The first-order valence-corrected chi connectivity index (χ1v) is 4.70. The van der Waals surface area contributed by atoms with Crippen LogP contribution >= 0.6 is 0 Å². The summed E-state index contributed by atoms with van der Waals surface area (Å²) in [4.78, 5) is 21.6. The van der Waals surface area contributed by atoms with Crippen LogP contribution in [0.3, 0.4) is 0 Å². The number of nitro benzene ring substituents is 1. The van der Waals surface area contributed by atoms with Crippen molar-refractivity contribution in [3.05, 3.63) is 52.1 Å². The number of rotatable bonds is 4. The first-order valence-electron chi connectivity index (χ1n) is 4.70. The predicted octanol–water partition coefficient (Wildman–Crippen LogP) is 1.82. The van der Waals surface area contributed by atoms with Gasteiger partial charge in [0.15, 0.2) is 0 Å². The van der Waals surface area contributed by atoms with E-state index in [4.69, 9.17) is 0 Å². The zero-order valence-electron chi connectivity index (χ0n) is 8.90. The number of hydrogen-bond donors (Lipinski definition) is 1. The van der Waals surface area contributed by atoms with Crippen molar-refractivity contribution in [1.82, 2.24) is 5.32 Å². The Kier molecular flexibility index (Phi) is 3.77. The number of hydrogen-bond acceptors (Lipinski definition) is 3. The maximum absolute atomic E-state index is 11.6. The molecule has 1 rings (SSSR count). The van der Waals surface area contributed by atoms with Gasteiger partial charge in [-0.05, 0) is 18.6 Å². The van der Waals surface area contributed by atoms with Gasteiger partial charge in [0, 0.05) is 24.2 Å². The van der Waals surface area contributed by atoms with E-state index in [9.17, 15) is 14.9 Å². The van der Waals surface area contributed by atoms with Crippen LogP contribution < -0.4 is 5.32 Å². The third-order valence-electron chi connectivity index (χ3n) is 2.07. The molecule has 0 aliphatic carbocycles.